The molecule has 2 saturated heterocycles. The summed E-state index contributed by atoms with van der Waals surface area (Å²) < 4.78 is 0. The molecule has 3 atom stereocenters. The molecule has 4 heteroatoms. The lowest BCUT2D eigenvalue weighted by atomic mass is 9.77. The number of fused-ring (bicyclic) bond motifs is 1. The zero-order valence-corrected chi connectivity index (χ0v) is 14.4. The van der Waals surface area contributed by atoms with Crippen molar-refractivity contribution in [2.45, 2.75) is 63.1 Å². The summed E-state index contributed by atoms with van der Waals surface area (Å²) in [6, 6.07) is 11.7. The molecule has 1 aromatic carbocycles. The molecule has 2 aliphatic heterocycles. The second-order valence-corrected chi connectivity index (χ2v) is 7.75. The molecule has 2 heterocycles. The van der Waals surface area contributed by atoms with Gasteiger partial charge in [0.25, 0.3) is 0 Å². The molecule has 2 amide bonds. The lowest BCUT2D eigenvalue weighted by Crippen LogP contribution is -2.51. The quantitative estimate of drug-likeness (QED) is 0.889. The first-order chi connectivity index (χ1) is 11.8. The molecule has 1 aromatic rings. The van der Waals surface area contributed by atoms with Crippen molar-refractivity contribution in [1.29, 1.82) is 0 Å². The third-order valence-corrected chi connectivity index (χ3v) is 6.22. The number of hydrogen-bond donors (Lipinski definition) is 2. The molecule has 1 aliphatic carbocycles. The molecule has 0 spiro atoms. The summed E-state index contributed by atoms with van der Waals surface area (Å²) >= 11 is 0. The van der Waals surface area contributed by atoms with E-state index in [9.17, 15) is 4.79 Å². The van der Waals surface area contributed by atoms with Crippen LogP contribution in [0.2, 0.25) is 0 Å². The van der Waals surface area contributed by atoms with Crippen LogP contribution in [0.5, 0.6) is 0 Å². The first-order valence-electron chi connectivity index (χ1n) is 9.65. The second kappa shape index (κ2) is 7.14. The van der Waals surface area contributed by atoms with Gasteiger partial charge in [0.1, 0.15) is 0 Å². The zero-order valence-electron chi connectivity index (χ0n) is 14.4. The van der Waals surface area contributed by atoms with E-state index in [4.69, 9.17) is 0 Å². The van der Waals surface area contributed by atoms with Crippen LogP contribution in [0.15, 0.2) is 30.3 Å². The van der Waals surface area contributed by atoms with E-state index in [-0.39, 0.29) is 12.1 Å². The Labute approximate surface area is 145 Å². The van der Waals surface area contributed by atoms with Gasteiger partial charge >= 0.3 is 6.03 Å². The average Bonchev–Trinajstić information content (AvgIpc) is 3.01. The Bertz CT molecular complexity index is 557. The molecular formula is C20H29N3O. The topological polar surface area (TPSA) is 44.4 Å². The SMILES string of the molecule is O=C(NC1CCN2CCCC2C1)NC(c1ccccc1)C1CCC1. The van der Waals surface area contributed by atoms with E-state index in [1.807, 2.05) is 6.07 Å². The van der Waals surface area contributed by atoms with Gasteiger partial charge in [-0.1, -0.05) is 36.8 Å². The van der Waals surface area contributed by atoms with Crippen LogP contribution in [0.1, 0.15) is 56.6 Å². The van der Waals surface area contributed by atoms with Gasteiger partial charge in [-0.05, 0) is 56.6 Å². The molecule has 24 heavy (non-hydrogen) atoms. The highest BCUT2D eigenvalue weighted by molar-refractivity contribution is 5.74. The van der Waals surface area contributed by atoms with Gasteiger partial charge in [-0.15, -0.1) is 0 Å². The standard InChI is InChI=1S/C20H29N3O/c24-20(21-17-11-13-23-12-5-10-18(23)14-17)22-19(16-8-4-9-16)15-6-2-1-3-7-15/h1-3,6-7,16-19H,4-5,8-14H2,(H2,21,22,24). The molecule has 4 rings (SSSR count). The molecular weight excluding hydrogens is 298 g/mol. The Balaban J connectivity index is 1.35. The maximum atomic E-state index is 12.6. The maximum Gasteiger partial charge on any atom is 0.315 e. The minimum atomic E-state index is 0.0206. The molecule has 0 radical (unpaired) electrons. The highest BCUT2D eigenvalue weighted by atomic mass is 16.2. The van der Waals surface area contributed by atoms with Crippen LogP contribution < -0.4 is 10.6 Å². The van der Waals surface area contributed by atoms with E-state index in [2.05, 4.69) is 39.8 Å². The number of piperidine rings is 1. The average molecular weight is 327 g/mol. The predicted octanol–water partition coefficient (Wildman–Crippen LogP) is 3.45. The molecule has 130 valence electrons. The first-order valence-corrected chi connectivity index (χ1v) is 9.65. The summed E-state index contributed by atoms with van der Waals surface area (Å²) in [6.07, 6.45) is 8.56. The fourth-order valence-electron chi connectivity index (χ4n) is 4.63. The minimum Gasteiger partial charge on any atom is -0.335 e. The minimum absolute atomic E-state index is 0.0206. The Morgan fingerprint density at radius 3 is 2.62 bits per heavy atom. The summed E-state index contributed by atoms with van der Waals surface area (Å²) in [4.78, 5) is 15.2. The second-order valence-electron chi connectivity index (χ2n) is 7.75. The maximum absolute atomic E-state index is 12.6. The van der Waals surface area contributed by atoms with Gasteiger partial charge in [-0.3, -0.25) is 0 Å². The summed E-state index contributed by atoms with van der Waals surface area (Å²) in [7, 11) is 0. The lowest BCUT2D eigenvalue weighted by Gasteiger charge is -2.37. The van der Waals surface area contributed by atoms with Crippen LogP contribution in [0.3, 0.4) is 0 Å². The van der Waals surface area contributed by atoms with E-state index in [1.165, 1.54) is 44.2 Å². The molecule has 2 N–H and O–H groups in total. The third-order valence-electron chi connectivity index (χ3n) is 6.22. The molecule has 0 aromatic heterocycles. The van der Waals surface area contributed by atoms with E-state index < -0.39 is 0 Å². The van der Waals surface area contributed by atoms with E-state index in [0.717, 1.165) is 19.4 Å². The van der Waals surface area contributed by atoms with Gasteiger partial charge in [0.15, 0.2) is 0 Å². The summed E-state index contributed by atoms with van der Waals surface area (Å²) in [5.74, 6) is 0.592. The van der Waals surface area contributed by atoms with E-state index in [0.29, 0.717) is 18.0 Å². The van der Waals surface area contributed by atoms with Crippen molar-refractivity contribution < 1.29 is 4.79 Å². The van der Waals surface area contributed by atoms with Crippen molar-refractivity contribution in [1.82, 2.24) is 15.5 Å². The molecule has 1 saturated carbocycles. The molecule has 0 bridgehead atoms. The predicted molar refractivity (Wildman–Crippen MR) is 95.8 cm³/mol. The van der Waals surface area contributed by atoms with Crippen molar-refractivity contribution in [3.63, 3.8) is 0 Å². The number of benzene rings is 1. The number of amides is 2. The van der Waals surface area contributed by atoms with Gasteiger partial charge in [-0.25, -0.2) is 4.79 Å². The molecule has 3 aliphatic rings. The number of rotatable bonds is 4. The number of hydrogen-bond acceptors (Lipinski definition) is 2. The molecule has 3 fully saturated rings. The van der Waals surface area contributed by atoms with Crippen molar-refractivity contribution >= 4 is 6.03 Å². The fourth-order valence-corrected chi connectivity index (χ4v) is 4.63. The van der Waals surface area contributed by atoms with Gasteiger partial charge in [-0.2, -0.15) is 0 Å². The van der Waals surface area contributed by atoms with Crippen LogP contribution in [0.25, 0.3) is 0 Å². The smallest absolute Gasteiger partial charge is 0.315 e. The van der Waals surface area contributed by atoms with E-state index in [1.54, 1.807) is 0 Å². The number of nitrogens with one attached hydrogen (secondary N) is 2. The lowest BCUT2D eigenvalue weighted by molar-refractivity contribution is 0.162. The summed E-state index contributed by atoms with van der Waals surface area (Å²) in [5.41, 5.74) is 1.24. The Kier molecular flexibility index (Phi) is 4.74. The monoisotopic (exact) mass is 327 g/mol. The molecule has 4 nitrogen and oxygen atoms in total. The Morgan fingerprint density at radius 1 is 1.04 bits per heavy atom. The van der Waals surface area contributed by atoms with Crippen molar-refractivity contribution in [2.75, 3.05) is 13.1 Å². The fraction of sp³-hybridized carbons (Fsp3) is 0.650. The van der Waals surface area contributed by atoms with Crippen LogP contribution in [-0.2, 0) is 0 Å². The zero-order chi connectivity index (χ0) is 16.4. The van der Waals surface area contributed by atoms with Crippen molar-refractivity contribution in [3.05, 3.63) is 35.9 Å². The Morgan fingerprint density at radius 2 is 1.88 bits per heavy atom. The van der Waals surface area contributed by atoms with Crippen LogP contribution in [0.4, 0.5) is 4.79 Å². The summed E-state index contributed by atoms with van der Waals surface area (Å²) in [6.45, 7) is 2.39. The Hall–Kier alpha value is -1.55. The van der Waals surface area contributed by atoms with Gasteiger partial charge in [0.05, 0.1) is 6.04 Å². The van der Waals surface area contributed by atoms with Gasteiger partial charge < -0.3 is 15.5 Å². The number of carbonyl (C=O) groups excluding carboxylic acids is 1. The first kappa shape index (κ1) is 15.9. The number of nitrogens with zero attached hydrogens (tertiary/aromatic N) is 1. The largest absolute Gasteiger partial charge is 0.335 e. The van der Waals surface area contributed by atoms with Gasteiger partial charge in [0, 0.05) is 18.6 Å². The van der Waals surface area contributed by atoms with Crippen molar-refractivity contribution in [3.8, 4) is 0 Å². The highest BCUT2D eigenvalue weighted by Gasteiger charge is 2.33. The van der Waals surface area contributed by atoms with Crippen LogP contribution >= 0.6 is 0 Å². The van der Waals surface area contributed by atoms with Crippen LogP contribution in [-0.4, -0.2) is 36.1 Å². The third kappa shape index (κ3) is 3.44. The highest BCUT2D eigenvalue weighted by Crippen LogP contribution is 2.37. The number of urea groups is 1. The van der Waals surface area contributed by atoms with E-state index >= 15 is 0 Å². The van der Waals surface area contributed by atoms with Crippen molar-refractivity contribution in [2.24, 2.45) is 5.92 Å². The normalized spacial score (nSPS) is 28.7. The summed E-state index contributed by atoms with van der Waals surface area (Å²) in [5, 5.41) is 6.54. The molecule has 3 unspecified atom stereocenters. The van der Waals surface area contributed by atoms with Crippen LogP contribution in [0, 0.1) is 5.92 Å². The number of carbonyl (C=O) groups is 1. The van der Waals surface area contributed by atoms with Gasteiger partial charge in [0.2, 0.25) is 0 Å².